The third-order valence-corrected chi connectivity index (χ3v) is 7.79. The van der Waals surface area contributed by atoms with Crippen molar-refractivity contribution in [3.05, 3.63) is 29.8 Å². The standard InChI is InChI=1S/C19H28N2O7S2/c1-14(2)11-21(16-8-9-29(24,25)13-16)18(22)12-28-19(23)10-20-30(26,27)17-6-4-15(3)5-7-17/h4-7,14,16,20H,8-13H2,1-3H3. The van der Waals surface area contributed by atoms with Gasteiger partial charge >= 0.3 is 5.97 Å². The highest BCUT2D eigenvalue weighted by atomic mass is 32.2. The van der Waals surface area contributed by atoms with Crippen molar-refractivity contribution in [1.82, 2.24) is 9.62 Å². The van der Waals surface area contributed by atoms with Crippen LogP contribution >= 0.6 is 0 Å². The van der Waals surface area contributed by atoms with E-state index in [2.05, 4.69) is 4.72 Å². The van der Waals surface area contributed by atoms with Crippen LogP contribution in [-0.2, 0) is 34.2 Å². The van der Waals surface area contributed by atoms with Gasteiger partial charge in [0.15, 0.2) is 16.4 Å². The molecule has 0 spiro atoms. The number of amides is 1. The summed E-state index contributed by atoms with van der Waals surface area (Å²) >= 11 is 0. The van der Waals surface area contributed by atoms with Gasteiger partial charge in [-0.15, -0.1) is 0 Å². The lowest BCUT2D eigenvalue weighted by Gasteiger charge is -2.29. The summed E-state index contributed by atoms with van der Waals surface area (Å²) in [5.41, 5.74) is 0.896. The van der Waals surface area contributed by atoms with Crippen molar-refractivity contribution < 1.29 is 31.2 Å². The predicted octanol–water partition coefficient (Wildman–Crippen LogP) is 0.488. The van der Waals surface area contributed by atoms with Crippen molar-refractivity contribution in [2.75, 3.05) is 31.2 Å². The Morgan fingerprint density at radius 1 is 1.23 bits per heavy atom. The number of esters is 1. The van der Waals surface area contributed by atoms with Gasteiger partial charge in [-0.2, -0.15) is 4.72 Å². The van der Waals surface area contributed by atoms with Crippen LogP contribution in [0.3, 0.4) is 0 Å². The molecule has 1 aromatic rings. The summed E-state index contributed by atoms with van der Waals surface area (Å²) in [5, 5.41) is 0. The lowest BCUT2D eigenvalue weighted by Crippen LogP contribution is -2.45. The molecule has 1 N–H and O–H groups in total. The molecule has 9 nitrogen and oxygen atoms in total. The van der Waals surface area contributed by atoms with E-state index in [-0.39, 0.29) is 22.3 Å². The number of benzene rings is 1. The molecule has 1 heterocycles. The van der Waals surface area contributed by atoms with Crippen LogP contribution in [0.15, 0.2) is 29.2 Å². The van der Waals surface area contributed by atoms with Crippen LogP contribution in [0.1, 0.15) is 25.8 Å². The molecule has 1 aliphatic rings. The van der Waals surface area contributed by atoms with Crippen molar-refractivity contribution in [3.63, 3.8) is 0 Å². The summed E-state index contributed by atoms with van der Waals surface area (Å²) in [6, 6.07) is 5.68. The van der Waals surface area contributed by atoms with Gasteiger partial charge in [0.2, 0.25) is 10.0 Å². The maximum absolute atomic E-state index is 12.6. The molecule has 1 atom stereocenters. The number of hydrogen-bond donors (Lipinski definition) is 1. The van der Waals surface area contributed by atoms with Gasteiger partial charge in [-0.25, -0.2) is 16.8 Å². The molecule has 1 unspecified atom stereocenters. The molecule has 0 radical (unpaired) electrons. The van der Waals surface area contributed by atoms with Crippen LogP contribution in [0.4, 0.5) is 0 Å². The van der Waals surface area contributed by atoms with Crippen molar-refractivity contribution in [2.45, 2.75) is 38.1 Å². The minimum atomic E-state index is -3.88. The second-order valence-corrected chi connectivity index (χ2v) is 11.8. The Hall–Kier alpha value is -1.98. The Balaban J connectivity index is 1.90. The number of sulfonamides is 1. The first-order valence-electron chi connectivity index (χ1n) is 9.61. The largest absolute Gasteiger partial charge is 0.455 e. The van der Waals surface area contributed by atoms with Gasteiger partial charge in [-0.05, 0) is 31.4 Å². The second-order valence-electron chi connectivity index (χ2n) is 7.80. The molecule has 30 heavy (non-hydrogen) atoms. The van der Waals surface area contributed by atoms with Crippen LogP contribution in [0.5, 0.6) is 0 Å². The van der Waals surface area contributed by atoms with Crippen molar-refractivity contribution in [3.8, 4) is 0 Å². The summed E-state index contributed by atoms with van der Waals surface area (Å²) in [7, 11) is -7.06. The highest BCUT2D eigenvalue weighted by Gasteiger charge is 2.35. The Morgan fingerprint density at radius 2 is 1.87 bits per heavy atom. The summed E-state index contributed by atoms with van der Waals surface area (Å²) in [6.07, 6.45) is 0.352. The van der Waals surface area contributed by atoms with E-state index >= 15 is 0 Å². The first kappa shape index (κ1) is 24.3. The highest BCUT2D eigenvalue weighted by molar-refractivity contribution is 7.91. The molecule has 168 valence electrons. The molecule has 11 heteroatoms. The van der Waals surface area contributed by atoms with Gasteiger partial charge in [0.1, 0.15) is 6.54 Å². The topological polar surface area (TPSA) is 127 Å². The summed E-state index contributed by atoms with van der Waals surface area (Å²) in [4.78, 5) is 25.9. The molecule has 0 aliphatic carbocycles. The maximum atomic E-state index is 12.6. The van der Waals surface area contributed by atoms with E-state index in [0.717, 1.165) is 5.56 Å². The normalized spacial score (nSPS) is 18.3. The van der Waals surface area contributed by atoms with Gasteiger partial charge in [-0.3, -0.25) is 9.59 Å². The molecular weight excluding hydrogens is 432 g/mol. The number of hydrogen-bond acceptors (Lipinski definition) is 7. The smallest absolute Gasteiger partial charge is 0.321 e. The van der Waals surface area contributed by atoms with Crippen molar-refractivity contribution in [2.24, 2.45) is 5.92 Å². The van der Waals surface area contributed by atoms with Gasteiger partial charge < -0.3 is 9.64 Å². The average molecular weight is 461 g/mol. The molecule has 1 fully saturated rings. The number of carbonyl (C=O) groups excluding carboxylic acids is 2. The lowest BCUT2D eigenvalue weighted by molar-refractivity contribution is -0.152. The zero-order valence-corrected chi connectivity index (χ0v) is 19.0. The Kier molecular flexibility index (Phi) is 8.00. The molecule has 0 aromatic heterocycles. The second kappa shape index (κ2) is 9.88. The average Bonchev–Trinajstić information content (AvgIpc) is 3.02. The van der Waals surface area contributed by atoms with Gasteiger partial charge in [0.05, 0.1) is 16.4 Å². The molecule has 0 bridgehead atoms. The number of nitrogens with one attached hydrogen (secondary N) is 1. The minimum absolute atomic E-state index is 0.0162. The van der Waals surface area contributed by atoms with E-state index < -0.39 is 50.9 Å². The minimum Gasteiger partial charge on any atom is -0.455 e. The number of rotatable bonds is 9. The fraction of sp³-hybridized carbons (Fsp3) is 0.579. The number of ether oxygens (including phenoxy) is 1. The molecule has 1 aromatic carbocycles. The third-order valence-electron chi connectivity index (χ3n) is 4.63. The maximum Gasteiger partial charge on any atom is 0.321 e. The van der Waals surface area contributed by atoms with Crippen LogP contribution < -0.4 is 4.72 Å². The predicted molar refractivity (Wildman–Crippen MR) is 111 cm³/mol. The summed E-state index contributed by atoms with van der Waals surface area (Å²) in [5.74, 6) is -1.37. The Bertz CT molecular complexity index is 971. The molecule has 1 aliphatic heterocycles. The quantitative estimate of drug-likeness (QED) is 0.531. The zero-order valence-electron chi connectivity index (χ0n) is 17.3. The van der Waals surface area contributed by atoms with E-state index in [0.29, 0.717) is 13.0 Å². The van der Waals surface area contributed by atoms with E-state index in [1.54, 1.807) is 12.1 Å². The molecule has 2 rings (SSSR count). The summed E-state index contributed by atoms with van der Waals surface area (Å²) in [6.45, 7) is 4.77. The van der Waals surface area contributed by atoms with Gasteiger partial charge in [-0.1, -0.05) is 31.5 Å². The summed E-state index contributed by atoms with van der Waals surface area (Å²) < 4.78 is 55.0. The molecule has 0 saturated carbocycles. The molecule has 1 saturated heterocycles. The Labute approximate surface area is 177 Å². The zero-order chi connectivity index (χ0) is 22.5. The van der Waals surface area contributed by atoms with Crippen LogP contribution in [0.25, 0.3) is 0 Å². The van der Waals surface area contributed by atoms with Crippen LogP contribution in [0.2, 0.25) is 0 Å². The van der Waals surface area contributed by atoms with Crippen molar-refractivity contribution in [1.29, 1.82) is 0 Å². The lowest BCUT2D eigenvalue weighted by atomic mass is 10.1. The number of sulfone groups is 1. The van der Waals surface area contributed by atoms with E-state index in [1.807, 2.05) is 20.8 Å². The van der Waals surface area contributed by atoms with E-state index in [9.17, 15) is 26.4 Å². The SMILES string of the molecule is Cc1ccc(S(=O)(=O)NCC(=O)OCC(=O)N(CC(C)C)C2CCS(=O)(=O)C2)cc1. The number of nitrogens with zero attached hydrogens (tertiary/aromatic N) is 1. The van der Waals surface area contributed by atoms with E-state index in [1.165, 1.54) is 17.0 Å². The van der Waals surface area contributed by atoms with Gasteiger partial charge in [0, 0.05) is 12.6 Å². The number of aryl methyl sites for hydroxylation is 1. The van der Waals surface area contributed by atoms with E-state index in [4.69, 9.17) is 4.74 Å². The van der Waals surface area contributed by atoms with Crippen LogP contribution in [-0.4, -0.2) is 70.9 Å². The van der Waals surface area contributed by atoms with Crippen LogP contribution in [0, 0.1) is 12.8 Å². The first-order valence-corrected chi connectivity index (χ1v) is 12.9. The first-order chi connectivity index (χ1) is 13.9. The Morgan fingerprint density at radius 3 is 2.40 bits per heavy atom. The fourth-order valence-corrected chi connectivity index (χ4v) is 5.80. The fourth-order valence-electron chi connectivity index (χ4n) is 3.10. The molecule has 1 amide bonds. The molecular formula is C19H28N2O7S2. The van der Waals surface area contributed by atoms with Crippen molar-refractivity contribution >= 4 is 31.7 Å². The monoisotopic (exact) mass is 460 g/mol. The van der Waals surface area contributed by atoms with Gasteiger partial charge in [0.25, 0.3) is 5.91 Å². The third kappa shape index (κ3) is 7.06. The number of carbonyl (C=O) groups is 2. The highest BCUT2D eigenvalue weighted by Crippen LogP contribution is 2.19.